The Labute approximate surface area is 63.9 Å². The standard InChI is InChI=1S/C6H10N2O3/c1-4-5(8(10)11)2-3-6(9)7-4/h4-5H,2-3H2,1H3,(H,7,9)/t4-,5+/m1/s1. The lowest BCUT2D eigenvalue weighted by Gasteiger charge is -2.22. The van der Waals surface area contributed by atoms with Crippen LogP contribution in [0.1, 0.15) is 19.8 Å². The first-order valence-corrected chi connectivity index (χ1v) is 3.54. The highest BCUT2D eigenvalue weighted by molar-refractivity contribution is 5.77. The fourth-order valence-electron chi connectivity index (χ4n) is 1.24. The topological polar surface area (TPSA) is 72.2 Å². The van der Waals surface area contributed by atoms with Crippen molar-refractivity contribution in [2.45, 2.75) is 31.8 Å². The summed E-state index contributed by atoms with van der Waals surface area (Å²) in [6.45, 7) is 1.66. The minimum absolute atomic E-state index is 0.0874. The molecule has 1 saturated heterocycles. The third-order valence-electron chi connectivity index (χ3n) is 1.90. The molecule has 1 heterocycles. The maximum Gasteiger partial charge on any atom is 0.233 e. The van der Waals surface area contributed by atoms with Crippen LogP contribution >= 0.6 is 0 Å². The molecule has 0 saturated carbocycles. The Morgan fingerprint density at radius 3 is 2.82 bits per heavy atom. The van der Waals surface area contributed by atoms with Gasteiger partial charge in [-0.1, -0.05) is 0 Å². The second-order valence-electron chi connectivity index (χ2n) is 2.75. The quantitative estimate of drug-likeness (QED) is 0.429. The van der Waals surface area contributed by atoms with E-state index >= 15 is 0 Å². The average Bonchev–Trinajstić information content (AvgIpc) is 1.85. The minimum atomic E-state index is -0.604. The molecule has 0 aliphatic carbocycles. The predicted octanol–water partition coefficient (Wildman–Crippen LogP) is -0.0698. The third-order valence-corrected chi connectivity index (χ3v) is 1.90. The van der Waals surface area contributed by atoms with Crippen molar-refractivity contribution in [2.24, 2.45) is 0 Å². The number of rotatable bonds is 1. The lowest BCUT2D eigenvalue weighted by Crippen LogP contribution is -2.49. The van der Waals surface area contributed by atoms with Gasteiger partial charge in [-0.2, -0.15) is 0 Å². The van der Waals surface area contributed by atoms with Crippen molar-refractivity contribution in [3.63, 3.8) is 0 Å². The van der Waals surface area contributed by atoms with Gasteiger partial charge >= 0.3 is 0 Å². The summed E-state index contributed by atoms with van der Waals surface area (Å²) in [5, 5.41) is 12.9. The normalized spacial score (nSPS) is 31.2. The molecule has 5 heteroatoms. The summed E-state index contributed by atoms with van der Waals surface area (Å²) in [7, 11) is 0. The second-order valence-corrected chi connectivity index (χ2v) is 2.75. The van der Waals surface area contributed by atoms with Gasteiger partial charge in [0.05, 0.1) is 6.04 Å². The number of nitrogens with zero attached hydrogens (tertiary/aromatic N) is 1. The number of nitrogens with one attached hydrogen (secondary N) is 1. The lowest BCUT2D eigenvalue weighted by atomic mass is 10.0. The average molecular weight is 158 g/mol. The molecule has 1 amide bonds. The van der Waals surface area contributed by atoms with Gasteiger partial charge in [0.15, 0.2) is 0 Å². The summed E-state index contributed by atoms with van der Waals surface area (Å²) < 4.78 is 0. The van der Waals surface area contributed by atoms with Crippen LogP contribution in [0.2, 0.25) is 0 Å². The molecule has 2 atom stereocenters. The number of hydrogen-bond donors (Lipinski definition) is 1. The third kappa shape index (κ3) is 1.66. The first-order valence-electron chi connectivity index (χ1n) is 3.54. The Bertz CT molecular complexity index is 192. The van der Waals surface area contributed by atoms with Gasteiger partial charge in [-0.05, 0) is 6.92 Å². The molecule has 1 aliphatic heterocycles. The molecule has 11 heavy (non-hydrogen) atoms. The molecule has 0 unspecified atom stereocenters. The smallest absolute Gasteiger partial charge is 0.233 e. The maximum atomic E-state index is 10.7. The van der Waals surface area contributed by atoms with Crippen LogP contribution in [0.5, 0.6) is 0 Å². The van der Waals surface area contributed by atoms with Gasteiger partial charge < -0.3 is 5.32 Å². The van der Waals surface area contributed by atoms with E-state index in [1.54, 1.807) is 6.92 Å². The molecule has 1 N–H and O–H groups in total. The maximum absolute atomic E-state index is 10.7. The van der Waals surface area contributed by atoms with Crippen LogP contribution in [-0.2, 0) is 4.79 Å². The molecule has 5 nitrogen and oxygen atoms in total. The van der Waals surface area contributed by atoms with Gasteiger partial charge in [0, 0.05) is 17.8 Å². The van der Waals surface area contributed by atoms with Crippen LogP contribution in [0.4, 0.5) is 0 Å². The lowest BCUT2D eigenvalue weighted by molar-refractivity contribution is -0.527. The first-order chi connectivity index (χ1) is 5.11. The second kappa shape index (κ2) is 2.86. The van der Waals surface area contributed by atoms with Gasteiger partial charge in [-0.3, -0.25) is 14.9 Å². The van der Waals surface area contributed by atoms with Crippen LogP contribution in [-0.4, -0.2) is 22.9 Å². The molecular weight excluding hydrogens is 148 g/mol. The Balaban J connectivity index is 2.57. The largest absolute Gasteiger partial charge is 0.347 e. The zero-order chi connectivity index (χ0) is 8.43. The zero-order valence-corrected chi connectivity index (χ0v) is 6.24. The van der Waals surface area contributed by atoms with Crippen molar-refractivity contribution in [1.29, 1.82) is 0 Å². The van der Waals surface area contributed by atoms with E-state index < -0.39 is 6.04 Å². The molecule has 1 aliphatic rings. The molecule has 0 aromatic rings. The Kier molecular flexibility index (Phi) is 2.07. The first kappa shape index (κ1) is 7.97. The molecule has 1 rings (SSSR count). The monoisotopic (exact) mass is 158 g/mol. The van der Waals surface area contributed by atoms with Crippen molar-refractivity contribution in [1.82, 2.24) is 5.32 Å². The minimum Gasteiger partial charge on any atom is -0.347 e. The molecular formula is C6H10N2O3. The van der Waals surface area contributed by atoms with Crippen molar-refractivity contribution in [3.8, 4) is 0 Å². The van der Waals surface area contributed by atoms with Crippen LogP contribution in [0.15, 0.2) is 0 Å². The van der Waals surface area contributed by atoms with Crippen LogP contribution in [0.25, 0.3) is 0 Å². The Hall–Kier alpha value is -1.13. The molecule has 0 spiro atoms. The van der Waals surface area contributed by atoms with Gasteiger partial charge in [-0.25, -0.2) is 0 Å². The highest BCUT2D eigenvalue weighted by Crippen LogP contribution is 2.11. The number of carbonyl (C=O) groups excluding carboxylic acids is 1. The number of amides is 1. The number of hydrogen-bond acceptors (Lipinski definition) is 3. The van der Waals surface area contributed by atoms with E-state index in [1.165, 1.54) is 0 Å². The van der Waals surface area contributed by atoms with Crippen molar-refractivity contribution < 1.29 is 9.72 Å². The van der Waals surface area contributed by atoms with Crippen LogP contribution < -0.4 is 5.32 Å². The highest BCUT2D eigenvalue weighted by Gasteiger charge is 2.33. The summed E-state index contributed by atoms with van der Waals surface area (Å²) >= 11 is 0. The van der Waals surface area contributed by atoms with E-state index in [1.807, 2.05) is 0 Å². The fourth-order valence-corrected chi connectivity index (χ4v) is 1.24. The van der Waals surface area contributed by atoms with E-state index in [0.717, 1.165) is 0 Å². The van der Waals surface area contributed by atoms with E-state index in [0.29, 0.717) is 6.42 Å². The number of piperidine rings is 1. The Morgan fingerprint density at radius 2 is 2.36 bits per heavy atom. The van der Waals surface area contributed by atoms with Gasteiger partial charge in [0.1, 0.15) is 0 Å². The molecule has 0 radical (unpaired) electrons. The number of nitro groups is 1. The van der Waals surface area contributed by atoms with Crippen molar-refractivity contribution >= 4 is 5.91 Å². The fraction of sp³-hybridized carbons (Fsp3) is 0.833. The molecule has 1 fully saturated rings. The summed E-state index contributed by atoms with van der Waals surface area (Å²) in [5.74, 6) is -0.0874. The SMILES string of the molecule is C[C@H]1NC(=O)CC[C@@H]1[N+](=O)[O-]. The van der Waals surface area contributed by atoms with Crippen molar-refractivity contribution in [3.05, 3.63) is 10.1 Å². The molecule has 0 aromatic heterocycles. The van der Waals surface area contributed by atoms with Gasteiger partial charge in [0.2, 0.25) is 11.9 Å². The molecule has 0 bridgehead atoms. The summed E-state index contributed by atoms with van der Waals surface area (Å²) in [6.07, 6.45) is 0.635. The van der Waals surface area contributed by atoms with E-state index in [2.05, 4.69) is 5.32 Å². The summed E-state index contributed by atoms with van der Waals surface area (Å²) in [6, 6.07) is -0.932. The zero-order valence-electron chi connectivity index (χ0n) is 6.24. The van der Waals surface area contributed by atoms with Gasteiger partial charge in [0.25, 0.3) is 0 Å². The van der Waals surface area contributed by atoms with E-state index in [-0.39, 0.29) is 23.3 Å². The predicted molar refractivity (Wildman–Crippen MR) is 37.6 cm³/mol. The highest BCUT2D eigenvalue weighted by atomic mass is 16.6. The van der Waals surface area contributed by atoms with Crippen LogP contribution in [0.3, 0.4) is 0 Å². The number of carbonyl (C=O) groups is 1. The molecule has 62 valence electrons. The summed E-state index contributed by atoms with van der Waals surface area (Å²) in [5.41, 5.74) is 0. The summed E-state index contributed by atoms with van der Waals surface area (Å²) in [4.78, 5) is 20.7. The van der Waals surface area contributed by atoms with E-state index in [4.69, 9.17) is 0 Å². The Morgan fingerprint density at radius 1 is 1.73 bits per heavy atom. The van der Waals surface area contributed by atoms with E-state index in [9.17, 15) is 14.9 Å². The molecule has 0 aromatic carbocycles. The van der Waals surface area contributed by atoms with Crippen LogP contribution in [0, 0.1) is 10.1 Å². The van der Waals surface area contributed by atoms with Crippen molar-refractivity contribution in [2.75, 3.05) is 0 Å². The van der Waals surface area contributed by atoms with Gasteiger partial charge in [-0.15, -0.1) is 0 Å².